The molecule has 3 rings (SSSR count). The van der Waals surface area contributed by atoms with Gasteiger partial charge in [-0.25, -0.2) is 0 Å². The lowest BCUT2D eigenvalue weighted by molar-refractivity contribution is 0.340. The van der Waals surface area contributed by atoms with E-state index < -0.39 is 10.0 Å². The quantitative estimate of drug-likeness (QED) is 0.788. The Morgan fingerprint density at radius 1 is 1.08 bits per heavy atom. The van der Waals surface area contributed by atoms with Crippen LogP contribution in [0.4, 0.5) is 0 Å². The Kier molecular flexibility index (Phi) is 5.46. The molecule has 0 heterocycles. The van der Waals surface area contributed by atoms with Crippen LogP contribution in [0.3, 0.4) is 0 Å². The van der Waals surface area contributed by atoms with Gasteiger partial charge < -0.3 is 9.47 Å². The van der Waals surface area contributed by atoms with Gasteiger partial charge in [-0.1, -0.05) is 0 Å². The number of benzene rings is 2. The molecule has 1 aliphatic carbocycles. The predicted octanol–water partition coefficient (Wildman–Crippen LogP) is 3.11. The molecule has 0 amide bonds. The van der Waals surface area contributed by atoms with Crippen LogP contribution in [0.15, 0.2) is 52.5 Å². The maximum Gasteiger partial charge on any atom is 0.276 e. The zero-order chi connectivity index (χ0) is 18.6. The van der Waals surface area contributed by atoms with Gasteiger partial charge in [0.2, 0.25) is 0 Å². The molecule has 0 spiro atoms. The monoisotopic (exact) mass is 374 g/mol. The molecule has 2 aromatic rings. The van der Waals surface area contributed by atoms with E-state index in [-0.39, 0.29) is 4.90 Å². The summed E-state index contributed by atoms with van der Waals surface area (Å²) in [5.74, 6) is 1.42. The van der Waals surface area contributed by atoms with E-state index in [1.54, 1.807) is 19.2 Å². The Morgan fingerprint density at radius 3 is 2.50 bits per heavy atom. The van der Waals surface area contributed by atoms with Gasteiger partial charge >= 0.3 is 0 Å². The van der Waals surface area contributed by atoms with Crippen molar-refractivity contribution in [1.29, 1.82) is 0 Å². The van der Waals surface area contributed by atoms with E-state index in [9.17, 15) is 8.42 Å². The summed E-state index contributed by atoms with van der Waals surface area (Å²) in [5, 5.41) is 4.19. The minimum absolute atomic E-state index is 0.149. The van der Waals surface area contributed by atoms with Crippen molar-refractivity contribution in [3.8, 4) is 11.5 Å². The summed E-state index contributed by atoms with van der Waals surface area (Å²) in [6, 6.07) is 12.0. The number of ether oxygens (including phenoxy) is 2. The van der Waals surface area contributed by atoms with Gasteiger partial charge in [0.15, 0.2) is 0 Å². The highest BCUT2D eigenvalue weighted by molar-refractivity contribution is 7.89. The van der Waals surface area contributed by atoms with Gasteiger partial charge in [-0.3, -0.25) is 0 Å². The van der Waals surface area contributed by atoms with E-state index >= 15 is 0 Å². The van der Waals surface area contributed by atoms with Crippen molar-refractivity contribution in [3.63, 3.8) is 0 Å². The molecule has 0 bridgehead atoms. The number of aryl methyl sites for hydroxylation is 1. The minimum atomic E-state index is -3.72. The van der Waals surface area contributed by atoms with Crippen LogP contribution in [0.25, 0.3) is 0 Å². The molecule has 0 saturated heterocycles. The Labute approximate surface area is 153 Å². The van der Waals surface area contributed by atoms with Gasteiger partial charge in [-0.05, 0) is 74.2 Å². The van der Waals surface area contributed by atoms with E-state index in [1.165, 1.54) is 12.1 Å². The maximum atomic E-state index is 12.5. The molecular weight excluding hydrogens is 352 g/mol. The molecule has 2 aromatic carbocycles. The number of nitrogens with one attached hydrogen (secondary N) is 1. The number of methoxy groups -OCH3 is 1. The fourth-order valence-corrected chi connectivity index (χ4v) is 3.76. The highest BCUT2D eigenvalue weighted by atomic mass is 32.2. The number of nitrogens with zero attached hydrogens (tertiary/aromatic N) is 1. The molecule has 0 aliphatic heterocycles. The first kappa shape index (κ1) is 18.3. The van der Waals surface area contributed by atoms with Gasteiger partial charge in [-0.2, -0.15) is 18.4 Å². The van der Waals surface area contributed by atoms with Crippen LogP contribution in [0.2, 0.25) is 0 Å². The average Bonchev–Trinajstić information content (AvgIpc) is 2.66. The first-order chi connectivity index (χ1) is 12.5. The largest absolute Gasteiger partial charge is 0.497 e. The summed E-state index contributed by atoms with van der Waals surface area (Å²) in [5.41, 5.74) is 2.82. The van der Waals surface area contributed by atoms with Crippen LogP contribution >= 0.6 is 0 Å². The number of hydrazone groups is 1. The molecule has 6 nitrogen and oxygen atoms in total. The van der Waals surface area contributed by atoms with Gasteiger partial charge in [0, 0.05) is 5.56 Å². The molecule has 138 valence electrons. The summed E-state index contributed by atoms with van der Waals surface area (Å²) in [6.45, 7) is 2.40. The van der Waals surface area contributed by atoms with Crippen LogP contribution < -0.4 is 14.3 Å². The zero-order valence-electron chi connectivity index (χ0n) is 14.9. The number of sulfonamides is 1. The van der Waals surface area contributed by atoms with Crippen molar-refractivity contribution < 1.29 is 17.9 Å². The van der Waals surface area contributed by atoms with Gasteiger partial charge in [0.1, 0.15) is 11.5 Å². The van der Waals surface area contributed by atoms with Gasteiger partial charge in [0.25, 0.3) is 10.0 Å². The molecule has 0 fully saturated rings. The maximum absolute atomic E-state index is 12.5. The van der Waals surface area contributed by atoms with Crippen molar-refractivity contribution in [2.45, 2.75) is 31.1 Å². The molecule has 0 radical (unpaired) electrons. The molecule has 0 aromatic heterocycles. The third kappa shape index (κ3) is 3.99. The third-order valence-electron chi connectivity index (χ3n) is 4.23. The summed E-state index contributed by atoms with van der Waals surface area (Å²) in [7, 11) is -2.09. The summed E-state index contributed by atoms with van der Waals surface area (Å²) >= 11 is 0. The number of fused-ring (bicyclic) bond motifs is 1. The Hall–Kier alpha value is -2.54. The zero-order valence-corrected chi connectivity index (χ0v) is 15.7. The van der Waals surface area contributed by atoms with E-state index in [4.69, 9.17) is 9.47 Å². The van der Waals surface area contributed by atoms with Crippen molar-refractivity contribution >= 4 is 15.7 Å². The van der Waals surface area contributed by atoms with Gasteiger partial charge in [0.05, 0.1) is 24.3 Å². The average molecular weight is 374 g/mol. The minimum Gasteiger partial charge on any atom is -0.497 e. The van der Waals surface area contributed by atoms with Crippen molar-refractivity contribution in [3.05, 3.63) is 53.6 Å². The fraction of sp³-hybridized carbons (Fsp3) is 0.316. The topological polar surface area (TPSA) is 77.0 Å². The van der Waals surface area contributed by atoms with E-state index in [2.05, 4.69) is 9.93 Å². The molecule has 1 aliphatic rings. The number of rotatable bonds is 6. The van der Waals surface area contributed by atoms with Crippen LogP contribution in [0.1, 0.15) is 30.9 Å². The second-order valence-corrected chi connectivity index (χ2v) is 7.60. The summed E-state index contributed by atoms with van der Waals surface area (Å²) < 4.78 is 35.5. The normalized spacial score (nSPS) is 15.4. The Bertz CT molecular complexity index is 906. The van der Waals surface area contributed by atoms with E-state index in [1.807, 2.05) is 25.1 Å². The molecule has 26 heavy (non-hydrogen) atoms. The predicted molar refractivity (Wildman–Crippen MR) is 100 cm³/mol. The first-order valence-electron chi connectivity index (χ1n) is 8.52. The van der Waals surface area contributed by atoms with Crippen LogP contribution in [-0.2, 0) is 16.4 Å². The van der Waals surface area contributed by atoms with E-state index in [0.717, 1.165) is 41.9 Å². The Morgan fingerprint density at radius 2 is 1.81 bits per heavy atom. The lowest BCUT2D eigenvalue weighted by atomic mass is 9.90. The van der Waals surface area contributed by atoms with Gasteiger partial charge in [-0.15, -0.1) is 0 Å². The summed E-state index contributed by atoms with van der Waals surface area (Å²) in [4.78, 5) is 2.50. The standard InChI is InChI=1S/C19H22N2O4S/c1-3-25-15-7-10-17(11-8-15)26(22,23)21-20-19-6-4-5-14-13-16(24-2)9-12-18(14)19/h7-13,21H,3-6H2,1-2H3. The highest BCUT2D eigenvalue weighted by Gasteiger charge is 2.18. The highest BCUT2D eigenvalue weighted by Crippen LogP contribution is 2.26. The van der Waals surface area contributed by atoms with Crippen LogP contribution in [0.5, 0.6) is 11.5 Å². The van der Waals surface area contributed by atoms with Crippen molar-refractivity contribution in [2.75, 3.05) is 13.7 Å². The third-order valence-corrected chi connectivity index (χ3v) is 5.45. The Balaban J connectivity index is 1.81. The number of hydrogen-bond donors (Lipinski definition) is 1. The molecule has 0 saturated carbocycles. The number of hydrogen-bond acceptors (Lipinski definition) is 5. The molecule has 0 atom stereocenters. The first-order valence-corrected chi connectivity index (χ1v) is 10.0. The van der Waals surface area contributed by atoms with Crippen LogP contribution in [-0.4, -0.2) is 27.8 Å². The smallest absolute Gasteiger partial charge is 0.276 e. The van der Waals surface area contributed by atoms with E-state index in [0.29, 0.717) is 12.4 Å². The fourth-order valence-electron chi connectivity index (χ4n) is 2.93. The van der Waals surface area contributed by atoms with Crippen LogP contribution in [0, 0.1) is 0 Å². The lowest BCUT2D eigenvalue weighted by Gasteiger charge is -2.18. The molecular formula is C19H22N2O4S. The lowest BCUT2D eigenvalue weighted by Crippen LogP contribution is -2.22. The van der Waals surface area contributed by atoms with Crippen molar-refractivity contribution in [2.24, 2.45) is 5.10 Å². The SMILES string of the molecule is CCOc1ccc(S(=O)(=O)NN=C2CCCc3cc(OC)ccc32)cc1. The second kappa shape index (κ2) is 7.78. The van der Waals surface area contributed by atoms with Crippen molar-refractivity contribution in [1.82, 2.24) is 4.83 Å². The second-order valence-electron chi connectivity index (χ2n) is 5.93. The molecule has 0 unspecified atom stereocenters. The molecule has 7 heteroatoms. The summed E-state index contributed by atoms with van der Waals surface area (Å²) in [6.07, 6.45) is 2.58. The molecule has 1 N–H and O–H groups in total.